The maximum absolute atomic E-state index is 3.58. The number of hydrogen-bond acceptors (Lipinski definition) is 1. The Kier molecular flexibility index (Phi) is 4.04. The summed E-state index contributed by atoms with van der Waals surface area (Å²) >= 11 is 0. The second kappa shape index (κ2) is 4.44. The normalized spacial score (nSPS) is 11.0. The summed E-state index contributed by atoms with van der Waals surface area (Å²) < 4.78 is 0. The van der Waals surface area contributed by atoms with Crippen molar-refractivity contribution in [3.8, 4) is 0 Å². The molecule has 0 aliphatic carbocycles. The molecule has 1 N–H and O–H groups in total. The van der Waals surface area contributed by atoms with Crippen LogP contribution in [0.15, 0.2) is 24.4 Å². The van der Waals surface area contributed by atoms with E-state index in [1.54, 1.807) is 0 Å². The van der Waals surface area contributed by atoms with Crippen LogP contribution in [-0.4, -0.2) is 6.54 Å². The van der Waals surface area contributed by atoms with Crippen LogP contribution in [0.3, 0.4) is 0 Å². The van der Waals surface area contributed by atoms with E-state index in [2.05, 4.69) is 11.9 Å². The minimum absolute atomic E-state index is 0.857. The quantitative estimate of drug-likeness (QED) is 0.546. The Hall–Kier alpha value is -0.720. The topological polar surface area (TPSA) is 12.0 Å². The van der Waals surface area contributed by atoms with E-state index in [4.69, 9.17) is 0 Å². The summed E-state index contributed by atoms with van der Waals surface area (Å²) in [5.41, 5.74) is 1.20. The van der Waals surface area contributed by atoms with Crippen molar-refractivity contribution in [2.45, 2.75) is 13.8 Å². The molecule has 0 heterocycles. The van der Waals surface area contributed by atoms with Gasteiger partial charge >= 0.3 is 0 Å². The third kappa shape index (κ3) is 3.47. The second-order valence-electron chi connectivity index (χ2n) is 1.64. The smallest absolute Gasteiger partial charge is 0.0325 e. The molecule has 0 amide bonds. The molecule has 8 heavy (non-hydrogen) atoms. The number of allylic oxidation sites excluding steroid dienone is 2. The lowest BCUT2D eigenvalue weighted by Crippen LogP contribution is -2.09. The molecule has 0 atom stereocenters. The summed E-state index contributed by atoms with van der Waals surface area (Å²) in [6.07, 6.45) is 3.87. The molecule has 1 nitrogen and oxygen atoms in total. The average molecular weight is 111 g/mol. The van der Waals surface area contributed by atoms with Crippen LogP contribution >= 0.6 is 0 Å². The van der Waals surface area contributed by atoms with Crippen LogP contribution in [-0.2, 0) is 0 Å². The Labute approximate surface area is 51.1 Å². The monoisotopic (exact) mass is 111 g/mol. The van der Waals surface area contributed by atoms with Gasteiger partial charge in [-0.05, 0) is 13.8 Å². The maximum atomic E-state index is 3.58. The average Bonchev–Trinajstić information content (AvgIpc) is 1.83. The van der Waals surface area contributed by atoms with Crippen molar-refractivity contribution >= 4 is 0 Å². The molecule has 0 fully saturated rings. The molecule has 0 saturated carbocycles. The lowest BCUT2D eigenvalue weighted by Gasteiger charge is -1.98. The van der Waals surface area contributed by atoms with Crippen LogP contribution in [0.2, 0.25) is 0 Å². The molecular weight excluding hydrogens is 98.1 g/mol. The van der Waals surface area contributed by atoms with Gasteiger partial charge in [0.05, 0.1) is 0 Å². The van der Waals surface area contributed by atoms with Crippen LogP contribution in [0.4, 0.5) is 0 Å². The van der Waals surface area contributed by atoms with E-state index in [0.717, 1.165) is 6.54 Å². The zero-order chi connectivity index (χ0) is 6.41. The van der Waals surface area contributed by atoms with Crippen LogP contribution in [0.5, 0.6) is 0 Å². The van der Waals surface area contributed by atoms with Gasteiger partial charge in [0.15, 0.2) is 0 Å². The highest BCUT2D eigenvalue weighted by Gasteiger charge is 1.77. The molecule has 0 spiro atoms. The summed E-state index contributed by atoms with van der Waals surface area (Å²) in [6.45, 7) is 8.47. The summed E-state index contributed by atoms with van der Waals surface area (Å²) in [5, 5.41) is 3.12. The molecule has 0 aliphatic heterocycles. The minimum atomic E-state index is 0.857. The highest BCUT2D eigenvalue weighted by molar-refractivity contribution is 4.94. The Morgan fingerprint density at radius 3 is 2.75 bits per heavy atom. The van der Waals surface area contributed by atoms with Gasteiger partial charge in [-0.3, -0.25) is 0 Å². The maximum Gasteiger partial charge on any atom is 0.0325 e. The van der Waals surface area contributed by atoms with Gasteiger partial charge in [0, 0.05) is 12.2 Å². The highest BCUT2D eigenvalue weighted by atomic mass is 14.9. The fourth-order valence-electron chi connectivity index (χ4n) is 0.335. The molecule has 0 bridgehead atoms. The largest absolute Gasteiger partial charge is 0.385 e. The number of nitrogens with one attached hydrogen (secondary N) is 1. The van der Waals surface area contributed by atoms with E-state index >= 15 is 0 Å². The highest BCUT2D eigenvalue weighted by Crippen LogP contribution is 1.81. The number of hydrogen-bond donors (Lipinski definition) is 1. The van der Waals surface area contributed by atoms with Gasteiger partial charge in [-0.1, -0.05) is 12.2 Å². The van der Waals surface area contributed by atoms with Gasteiger partial charge in [0.1, 0.15) is 0 Å². The van der Waals surface area contributed by atoms with Gasteiger partial charge in [0.25, 0.3) is 0 Å². The molecule has 0 unspecified atom stereocenters. The van der Waals surface area contributed by atoms with Crippen molar-refractivity contribution < 1.29 is 0 Å². The van der Waals surface area contributed by atoms with E-state index in [1.165, 1.54) is 5.70 Å². The van der Waals surface area contributed by atoms with E-state index in [1.807, 2.05) is 26.0 Å². The van der Waals surface area contributed by atoms with Crippen LogP contribution in [0.25, 0.3) is 0 Å². The molecule has 0 aliphatic rings. The van der Waals surface area contributed by atoms with Crippen molar-refractivity contribution in [1.82, 2.24) is 5.32 Å². The fourth-order valence-corrected chi connectivity index (χ4v) is 0.335. The summed E-state index contributed by atoms with van der Waals surface area (Å²) in [4.78, 5) is 0. The molecule has 0 aromatic rings. The van der Waals surface area contributed by atoms with Crippen molar-refractivity contribution in [1.29, 1.82) is 0 Å². The first kappa shape index (κ1) is 7.28. The SMILES string of the molecule is C=CCN/C(C)=C\C. The Balaban J connectivity index is 3.24. The van der Waals surface area contributed by atoms with Gasteiger partial charge in [-0.15, -0.1) is 6.58 Å². The lowest BCUT2D eigenvalue weighted by atomic mass is 10.4. The Morgan fingerprint density at radius 1 is 1.75 bits per heavy atom. The Bertz CT molecular complexity index is 92.6. The first-order chi connectivity index (χ1) is 3.81. The van der Waals surface area contributed by atoms with E-state index in [-0.39, 0.29) is 0 Å². The van der Waals surface area contributed by atoms with Gasteiger partial charge < -0.3 is 5.32 Å². The number of rotatable bonds is 3. The van der Waals surface area contributed by atoms with E-state index < -0.39 is 0 Å². The first-order valence-electron chi connectivity index (χ1n) is 2.79. The standard InChI is InChI=1S/C7H13N/c1-4-6-8-7(3)5-2/h4-5,8H,1,6H2,2-3H3/b7-5-. The minimum Gasteiger partial charge on any atom is -0.385 e. The summed E-state index contributed by atoms with van der Waals surface area (Å²) in [5.74, 6) is 0. The van der Waals surface area contributed by atoms with Crippen LogP contribution < -0.4 is 5.32 Å². The van der Waals surface area contributed by atoms with Crippen LogP contribution in [0.1, 0.15) is 13.8 Å². The summed E-state index contributed by atoms with van der Waals surface area (Å²) in [7, 11) is 0. The molecule has 1 heteroatoms. The molecular formula is C7H13N. The van der Waals surface area contributed by atoms with E-state index in [0.29, 0.717) is 0 Å². The zero-order valence-corrected chi connectivity index (χ0v) is 5.57. The third-order valence-corrected chi connectivity index (χ3v) is 0.958. The van der Waals surface area contributed by atoms with Gasteiger partial charge in [-0.2, -0.15) is 0 Å². The Morgan fingerprint density at radius 2 is 2.38 bits per heavy atom. The van der Waals surface area contributed by atoms with Crippen LogP contribution in [0, 0.1) is 0 Å². The molecule has 0 aromatic heterocycles. The second-order valence-corrected chi connectivity index (χ2v) is 1.64. The van der Waals surface area contributed by atoms with E-state index in [9.17, 15) is 0 Å². The molecule has 46 valence electrons. The third-order valence-electron chi connectivity index (χ3n) is 0.958. The molecule has 0 rings (SSSR count). The predicted octanol–water partition coefficient (Wildman–Crippen LogP) is 1.69. The fraction of sp³-hybridized carbons (Fsp3) is 0.429. The summed E-state index contributed by atoms with van der Waals surface area (Å²) in [6, 6.07) is 0. The molecule has 0 aromatic carbocycles. The molecule has 0 radical (unpaired) electrons. The predicted molar refractivity (Wildman–Crippen MR) is 37.6 cm³/mol. The van der Waals surface area contributed by atoms with Crippen molar-refractivity contribution in [2.75, 3.05) is 6.54 Å². The van der Waals surface area contributed by atoms with Crippen molar-refractivity contribution in [3.63, 3.8) is 0 Å². The van der Waals surface area contributed by atoms with Gasteiger partial charge in [0.2, 0.25) is 0 Å². The van der Waals surface area contributed by atoms with Crippen molar-refractivity contribution in [2.24, 2.45) is 0 Å². The van der Waals surface area contributed by atoms with Gasteiger partial charge in [-0.25, -0.2) is 0 Å². The zero-order valence-electron chi connectivity index (χ0n) is 5.57. The first-order valence-corrected chi connectivity index (χ1v) is 2.79. The van der Waals surface area contributed by atoms with Crippen molar-refractivity contribution in [3.05, 3.63) is 24.4 Å². The molecule has 0 saturated heterocycles. The lowest BCUT2D eigenvalue weighted by molar-refractivity contribution is 0.902.